The smallest absolute Gasteiger partial charge is 0.258 e. The van der Waals surface area contributed by atoms with Crippen LogP contribution in [0.2, 0.25) is 5.02 Å². The number of rotatable bonds is 4. The van der Waals surface area contributed by atoms with E-state index in [0.717, 1.165) is 27.5 Å². The summed E-state index contributed by atoms with van der Waals surface area (Å²) >= 11 is 24.5. The van der Waals surface area contributed by atoms with E-state index in [1.165, 1.54) is 25.3 Å². The number of carbonyl (C=O) groups is 4. The number of amides is 4. The van der Waals surface area contributed by atoms with Gasteiger partial charge in [-0.15, -0.1) is 23.2 Å². The lowest BCUT2D eigenvalue weighted by atomic mass is 9.56. The molecule has 13 heteroatoms. The highest BCUT2D eigenvalue weighted by atomic mass is 79.9. The number of alkyl halides is 2. The van der Waals surface area contributed by atoms with E-state index >= 15 is 0 Å². The van der Waals surface area contributed by atoms with E-state index in [-0.39, 0.29) is 34.5 Å². The average Bonchev–Trinajstić information content (AvgIpc) is 3.38. The molecule has 2 saturated heterocycles. The molecular weight excluding hydrogens is 738 g/mol. The largest absolute Gasteiger partial charge is 0.503 e. The third-order valence-electron chi connectivity index (χ3n) is 9.91. The van der Waals surface area contributed by atoms with Crippen molar-refractivity contribution in [3.63, 3.8) is 0 Å². The maximum absolute atomic E-state index is 14.5. The monoisotopic (exact) mass is 760 g/mol. The van der Waals surface area contributed by atoms with E-state index in [9.17, 15) is 28.7 Å². The van der Waals surface area contributed by atoms with Gasteiger partial charge in [0.2, 0.25) is 11.8 Å². The van der Waals surface area contributed by atoms with Gasteiger partial charge in [-0.1, -0.05) is 29.3 Å². The van der Waals surface area contributed by atoms with E-state index in [1.54, 1.807) is 30.3 Å². The van der Waals surface area contributed by atoms with Crippen LogP contribution < -0.4 is 14.5 Å². The summed E-state index contributed by atoms with van der Waals surface area (Å²) in [4.78, 5) is 54.8. The fourth-order valence-electron chi connectivity index (χ4n) is 7.66. The molecule has 0 radical (unpaired) electrons. The number of phenols is 1. The molecule has 0 aromatic heterocycles. The summed E-state index contributed by atoms with van der Waals surface area (Å²) in [6.07, 6.45) is 1.73. The first-order valence-corrected chi connectivity index (χ1v) is 16.6. The van der Waals surface area contributed by atoms with E-state index in [4.69, 9.17) is 39.5 Å². The molecular formula is C34H25BrCl3FN2O6. The Balaban J connectivity index is 1.42. The molecule has 2 heterocycles. The Labute approximate surface area is 292 Å². The van der Waals surface area contributed by atoms with E-state index < -0.39 is 62.9 Å². The fraction of sp³-hybridized carbons (Fsp3) is 0.294. The minimum absolute atomic E-state index is 0.0629. The minimum atomic E-state index is -2.13. The molecule has 1 saturated carbocycles. The third-order valence-corrected chi connectivity index (χ3v) is 12.3. The second-order valence-electron chi connectivity index (χ2n) is 12.2. The molecule has 0 bridgehead atoms. The zero-order chi connectivity index (χ0) is 33.7. The van der Waals surface area contributed by atoms with Crippen molar-refractivity contribution in [2.75, 3.05) is 16.9 Å². The predicted octanol–water partition coefficient (Wildman–Crippen LogP) is 7.03. The summed E-state index contributed by atoms with van der Waals surface area (Å²) in [5.74, 6) is -6.84. The number of halogens is 5. The summed E-state index contributed by atoms with van der Waals surface area (Å²) in [7, 11) is 1.36. The molecule has 6 atom stereocenters. The van der Waals surface area contributed by atoms with Crippen LogP contribution >= 0.6 is 50.7 Å². The van der Waals surface area contributed by atoms with Crippen molar-refractivity contribution in [1.29, 1.82) is 0 Å². The van der Waals surface area contributed by atoms with E-state index in [1.807, 2.05) is 6.92 Å². The average molecular weight is 763 g/mol. The predicted molar refractivity (Wildman–Crippen MR) is 178 cm³/mol. The van der Waals surface area contributed by atoms with Gasteiger partial charge in [-0.05, 0) is 101 Å². The van der Waals surface area contributed by atoms with Crippen molar-refractivity contribution in [3.8, 4) is 11.5 Å². The molecule has 7 rings (SSSR count). The zero-order valence-corrected chi connectivity index (χ0v) is 28.6. The lowest BCUT2D eigenvalue weighted by Gasteiger charge is -2.50. The van der Waals surface area contributed by atoms with Crippen LogP contribution in [0.4, 0.5) is 15.8 Å². The van der Waals surface area contributed by atoms with Gasteiger partial charge in [0.1, 0.15) is 5.82 Å². The van der Waals surface area contributed by atoms with E-state index in [2.05, 4.69) is 15.9 Å². The van der Waals surface area contributed by atoms with Crippen molar-refractivity contribution < 1.29 is 33.4 Å². The van der Waals surface area contributed by atoms with Crippen molar-refractivity contribution in [3.05, 3.63) is 92.7 Å². The number of ether oxygens (including phenoxy) is 1. The molecule has 4 amide bonds. The van der Waals surface area contributed by atoms with Crippen molar-refractivity contribution in [2.24, 2.45) is 17.8 Å². The van der Waals surface area contributed by atoms with Gasteiger partial charge < -0.3 is 9.84 Å². The first-order chi connectivity index (χ1) is 22.2. The molecule has 2 aliphatic heterocycles. The van der Waals surface area contributed by atoms with Crippen molar-refractivity contribution in [1.82, 2.24) is 0 Å². The first kappa shape index (κ1) is 32.1. The highest BCUT2D eigenvalue weighted by Crippen LogP contribution is 2.66. The van der Waals surface area contributed by atoms with Crippen LogP contribution in [0.1, 0.15) is 29.9 Å². The zero-order valence-electron chi connectivity index (χ0n) is 24.8. The Kier molecular flexibility index (Phi) is 7.55. The van der Waals surface area contributed by atoms with Crippen LogP contribution in [0.25, 0.3) is 0 Å². The number of phenolic OH excluding ortho intramolecular Hbond substituents is 1. The van der Waals surface area contributed by atoms with Gasteiger partial charge in [0, 0.05) is 10.9 Å². The lowest BCUT2D eigenvalue weighted by Crippen LogP contribution is -2.60. The quantitative estimate of drug-likeness (QED) is 0.174. The number of fused-ring (bicyclic) bond motifs is 4. The summed E-state index contributed by atoms with van der Waals surface area (Å²) in [5, 5.41) is 11.0. The number of hydrogen-bond donors (Lipinski definition) is 1. The van der Waals surface area contributed by atoms with Gasteiger partial charge in [-0.2, -0.15) is 0 Å². The molecule has 2 aliphatic carbocycles. The molecule has 6 unspecified atom stereocenters. The molecule has 1 N–H and O–H groups in total. The summed E-state index contributed by atoms with van der Waals surface area (Å²) in [6.45, 7) is 1.81. The topological polar surface area (TPSA) is 104 Å². The number of allylic oxidation sites excluding steroid dienone is 2. The van der Waals surface area contributed by atoms with E-state index in [0.29, 0.717) is 21.8 Å². The SMILES string of the molecule is COc1cc(C2C3=CCC4C(=O)N(c5ccc(C)c(Cl)c5)C(=O)C4C3CC3(Cl)C(=O)N(c4ccc(F)cc4)C(=O)C23Cl)cc(Br)c1O. The number of anilines is 2. The first-order valence-electron chi connectivity index (χ1n) is 14.7. The number of imide groups is 2. The van der Waals surface area contributed by atoms with Gasteiger partial charge in [0.15, 0.2) is 21.2 Å². The molecule has 4 aliphatic rings. The molecule has 3 aromatic rings. The maximum atomic E-state index is 14.5. The van der Waals surface area contributed by atoms with Crippen LogP contribution in [-0.4, -0.2) is 45.6 Å². The van der Waals surface area contributed by atoms with Crippen molar-refractivity contribution in [2.45, 2.75) is 35.4 Å². The molecule has 47 heavy (non-hydrogen) atoms. The number of methoxy groups -OCH3 is 1. The number of aromatic hydroxyl groups is 1. The second kappa shape index (κ2) is 11.1. The van der Waals surface area contributed by atoms with Crippen molar-refractivity contribution >= 4 is 85.7 Å². The standard InChI is InChI=1S/C34H25BrCl3FN2O6/c1-15-3-6-19(13-24(15)36)40-29(43)21-10-9-20-22(26(21)30(40)44)14-33(37)31(45)41(18-7-4-17(39)5-8-18)32(46)34(33,38)27(20)16-11-23(35)28(42)25(12-16)47-2/h3-9,11-13,21-22,26-27,42H,10,14H2,1-2H3. The normalized spacial score (nSPS) is 29.9. The Morgan fingerprint density at radius 1 is 0.936 bits per heavy atom. The van der Waals surface area contributed by atoms with Gasteiger partial charge in [0.05, 0.1) is 34.8 Å². The van der Waals surface area contributed by atoms with Crippen LogP contribution in [-0.2, 0) is 19.2 Å². The van der Waals surface area contributed by atoms with Crippen LogP contribution in [0.3, 0.4) is 0 Å². The maximum Gasteiger partial charge on any atom is 0.258 e. The Bertz CT molecular complexity index is 1960. The summed E-state index contributed by atoms with van der Waals surface area (Å²) in [5.41, 5.74) is 2.11. The Hall–Kier alpha value is -3.44. The van der Waals surface area contributed by atoms with Crippen LogP contribution in [0.5, 0.6) is 11.5 Å². The van der Waals surface area contributed by atoms with Gasteiger partial charge >= 0.3 is 0 Å². The van der Waals surface area contributed by atoms with Gasteiger partial charge in [-0.3, -0.25) is 19.2 Å². The number of benzene rings is 3. The molecule has 8 nitrogen and oxygen atoms in total. The highest BCUT2D eigenvalue weighted by molar-refractivity contribution is 9.10. The Morgan fingerprint density at radius 2 is 1.62 bits per heavy atom. The van der Waals surface area contributed by atoms with Gasteiger partial charge in [-0.25, -0.2) is 14.2 Å². The second-order valence-corrected chi connectivity index (χ2v) is 14.8. The minimum Gasteiger partial charge on any atom is -0.503 e. The van der Waals surface area contributed by atoms with Gasteiger partial charge in [0.25, 0.3) is 11.8 Å². The van der Waals surface area contributed by atoms with Crippen LogP contribution in [0, 0.1) is 30.5 Å². The summed E-state index contributed by atoms with van der Waals surface area (Å²) < 4.78 is 19.5. The summed E-state index contributed by atoms with van der Waals surface area (Å²) in [6, 6.07) is 12.8. The molecule has 3 aromatic carbocycles. The lowest BCUT2D eigenvalue weighted by molar-refractivity contribution is -0.125. The number of aryl methyl sites for hydroxylation is 1. The molecule has 0 spiro atoms. The number of carbonyl (C=O) groups excluding carboxylic acids is 4. The highest BCUT2D eigenvalue weighted by Gasteiger charge is 2.76. The Morgan fingerprint density at radius 3 is 2.28 bits per heavy atom. The fourth-order valence-corrected chi connectivity index (χ4v) is 9.23. The van der Waals surface area contributed by atoms with Crippen LogP contribution in [0.15, 0.2) is 70.7 Å². The molecule has 242 valence electrons. The number of nitrogens with zero attached hydrogens (tertiary/aromatic N) is 2. The third kappa shape index (κ3) is 4.37. The number of hydrogen-bond acceptors (Lipinski definition) is 6. The molecule has 3 fully saturated rings.